The minimum Gasteiger partial charge on any atom is -0.479 e. The number of hydrogen-bond acceptors (Lipinski definition) is 3. The molecule has 0 aromatic rings. The van der Waals surface area contributed by atoms with Crippen LogP contribution in [0.1, 0.15) is 20.8 Å². The van der Waals surface area contributed by atoms with Crippen molar-refractivity contribution in [1.82, 2.24) is 5.32 Å². The van der Waals surface area contributed by atoms with Gasteiger partial charge in [-0.3, -0.25) is 0 Å². The van der Waals surface area contributed by atoms with E-state index in [1.54, 1.807) is 6.92 Å². The summed E-state index contributed by atoms with van der Waals surface area (Å²) in [4.78, 5) is 22.1. The number of methoxy groups -OCH3 is 1. The Morgan fingerprint density at radius 3 is 2.07 bits per heavy atom. The van der Waals surface area contributed by atoms with Crippen molar-refractivity contribution in [3.63, 3.8) is 0 Å². The van der Waals surface area contributed by atoms with Gasteiger partial charge in [-0.15, -0.1) is 0 Å². The van der Waals surface area contributed by atoms with Crippen LogP contribution in [0.15, 0.2) is 0 Å². The zero-order valence-electron chi connectivity index (χ0n) is 8.75. The van der Waals surface area contributed by atoms with Crippen LogP contribution in [-0.4, -0.2) is 29.8 Å². The van der Waals surface area contributed by atoms with E-state index in [0.717, 1.165) is 0 Å². The second-order valence-corrected chi connectivity index (χ2v) is 4.17. The second kappa shape index (κ2) is 2.87. The lowest BCUT2D eigenvalue weighted by Crippen LogP contribution is -2.47. The summed E-state index contributed by atoms with van der Waals surface area (Å²) in [5.74, 6) is -1.12. The van der Waals surface area contributed by atoms with Crippen LogP contribution in [0, 0.1) is 11.3 Å². The van der Waals surface area contributed by atoms with Crippen LogP contribution in [-0.2, 0) is 9.53 Å². The van der Waals surface area contributed by atoms with Crippen molar-refractivity contribution in [2.24, 2.45) is 11.3 Å². The molecule has 80 valence electrons. The summed E-state index contributed by atoms with van der Waals surface area (Å²) in [6.07, 6.45) is -0.704. The molecule has 0 heterocycles. The third kappa shape index (κ3) is 1.08. The number of amides is 1. The molecular formula is C9H15NO4. The number of carbonyl (C=O) groups is 2. The largest absolute Gasteiger partial charge is 0.479 e. The predicted octanol–water partition coefficient (Wildman–Crippen LogP) is 0.842. The summed E-state index contributed by atoms with van der Waals surface area (Å²) in [5, 5.41) is 11.5. The van der Waals surface area contributed by atoms with E-state index >= 15 is 0 Å². The van der Waals surface area contributed by atoms with Gasteiger partial charge in [0.1, 0.15) is 5.54 Å². The Bertz CT molecular complexity index is 287. The SMILES string of the molecule is COC(=O)N[C@@]1(C(=O)O)C(C)C1(C)C. The standard InChI is InChI=1S/C9H15NO4/c1-5-8(2,3)9(5,6(11)12)10-7(13)14-4/h5H,1-4H3,(H,10,13)(H,11,12)/t5?,9-/m1/s1. The number of aliphatic carboxylic acids is 1. The third-order valence-electron chi connectivity index (χ3n) is 3.49. The molecule has 1 aliphatic rings. The monoisotopic (exact) mass is 201 g/mol. The number of ether oxygens (including phenoxy) is 1. The molecule has 5 heteroatoms. The van der Waals surface area contributed by atoms with Crippen LogP contribution in [0.2, 0.25) is 0 Å². The molecule has 0 aromatic heterocycles. The fourth-order valence-corrected chi connectivity index (χ4v) is 2.02. The Labute approximate surface area is 82.4 Å². The van der Waals surface area contributed by atoms with Gasteiger partial charge in [-0.2, -0.15) is 0 Å². The first-order chi connectivity index (χ1) is 6.30. The first-order valence-electron chi connectivity index (χ1n) is 4.40. The van der Waals surface area contributed by atoms with Crippen molar-refractivity contribution in [3.8, 4) is 0 Å². The van der Waals surface area contributed by atoms with Crippen molar-refractivity contribution in [2.45, 2.75) is 26.3 Å². The zero-order valence-corrected chi connectivity index (χ0v) is 8.75. The Balaban J connectivity index is 2.89. The lowest BCUT2D eigenvalue weighted by molar-refractivity contribution is -0.141. The molecule has 1 aliphatic carbocycles. The highest BCUT2D eigenvalue weighted by atomic mass is 16.5. The minimum atomic E-state index is -1.18. The third-order valence-corrected chi connectivity index (χ3v) is 3.49. The van der Waals surface area contributed by atoms with E-state index in [4.69, 9.17) is 5.11 Å². The highest BCUT2D eigenvalue weighted by Crippen LogP contribution is 2.61. The maximum atomic E-state index is 11.1. The highest BCUT2D eigenvalue weighted by Gasteiger charge is 2.75. The van der Waals surface area contributed by atoms with Crippen LogP contribution in [0.4, 0.5) is 4.79 Å². The van der Waals surface area contributed by atoms with E-state index in [1.165, 1.54) is 7.11 Å². The molecule has 1 amide bonds. The molecule has 0 aromatic carbocycles. The van der Waals surface area contributed by atoms with Gasteiger partial charge in [0.25, 0.3) is 0 Å². The fourth-order valence-electron chi connectivity index (χ4n) is 2.02. The van der Waals surface area contributed by atoms with Crippen molar-refractivity contribution >= 4 is 12.1 Å². The summed E-state index contributed by atoms with van der Waals surface area (Å²) >= 11 is 0. The molecule has 0 aliphatic heterocycles. The predicted molar refractivity (Wildman–Crippen MR) is 48.9 cm³/mol. The van der Waals surface area contributed by atoms with Crippen LogP contribution in [0.3, 0.4) is 0 Å². The van der Waals surface area contributed by atoms with E-state index in [9.17, 15) is 9.59 Å². The van der Waals surface area contributed by atoms with Crippen LogP contribution in [0.25, 0.3) is 0 Å². The van der Waals surface area contributed by atoms with E-state index < -0.39 is 23.0 Å². The Kier molecular flexibility index (Phi) is 2.21. The Morgan fingerprint density at radius 1 is 1.43 bits per heavy atom. The summed E-state index contributed by atoms with van der Waals surface area (Å²) < 4.78 is 4.40. The van der Waals surface area contributed by atoms with E-state index in [-0.39, 0.29) is 5.92 Å². The number of hydrogen-bond donors (Lipinski definition) is 2. The molecule has 1 fully saturated rings. The van der Waals surface area contributed by atoms with Crippen LogP contribution >= 0.6 is 0 Å². The number of rotatable bonds is 2. The molecule has 14 heavy (non-hydrogen) atoms. The molecule has 0 saturated heterocycles. The molecule has 0 bridgehead atoms. The lowest BCUT2D eigenvalue weighted by atomic mass is 10.1. The molecular weight excluding hydrogens is 186 g/mol. The van der Waals surface area contributed by atoms with E-state index in [2.05, 4.69) is 10.1 Å². The van der Waals surface area contributed by atoms with Crippen molar-refractivity contribution < 1.29 is 19.4 Å². The summed E-state index contributed by atoms with van der Waals surface area (Å²) in [6.45, 7) is 5.41. The van der Waals surface area contributed by atoms with E-state index in [0.29, 0.717) is 0 Å². The van der Waals surface area contributed by atoms with Crippen LogP contribution < -0.4 is 5.32 Å². The number of carbonyl (C=O) groups excluding carboxylic acids is 1. The zero-order chi connectivity index (χ0) is 11.1. The summed E-state index contributed by atoms with van der Waals surface area (Å²) in [5.41, 5.74) is -1.62. The minimum absolute atomic E-state index is 0.105. The van der Waals surface area contributed by atoms with Crippen molar-refractivity contribution in [1.29, 1.82) is 0 Å². The van der Waals surface area contributed by atoms with Gasteiger partial charge >= 0.3 is 12.1 Å². The number of nitrogens with one attached hydrogen (secondary N) is 1. The van der Waals surface area contributed by atoms with Gasteiger partial charge in [-0.1, -0.05) is 20.8 Å². The van der Waals surface area contributed by atoms with Gasteiger partial charge < -0.3 is 15.2 Å². The fraction of sp³-hybridized carbons (Fsp3) is 0.778. The number of carboxylic acid groups (broad SMARTS) is 1. The van der Waals surface area contributed by atoms with Gasteiger partial charge in [0, 0.05) is 5.41 Å². The smallest absolute Gasteiger partial charge is 0.407 e. The second-order valence-electron chi connectivity index (χ2n) is 4.17. The van der Waals surface area contributed by atoms with Gasteiger partial charge in [0.2, 0.25) is 0 Å². The van der Waals surface area contributed by atoms with Gasteiger partial charge in [-0.25, -0.2) is 9.59 Å². The molecule has 0 spiro atoms. The normalized spacial score (nSPS) is 33.3. The quantitative estimate of drug-likeness (QED) is 0.694. The Morgan fingerprint density at radius 2 is 1.86 bits per heavy atom. The molecule has 1 unspecified atom stereocenters. The lowest BCUT2D eigenvalue weighted by Gasteiger charge is -2.16. The molecule has 0 radical (unpaired) electrons. The van der Waals surface area contributed by atoms with E-state index in [1.807, 2.05) is 13.8 Å². The number of carboxylic acids is 1. The highest BCUT2D eigenvalue weighted by molar-refractivity contribution is 5.90. The topological polar surface area (TPSA) is 75.6 Å². The molecule has 5 nitrogen and oxygen atoms in total. The van der Waals surface area contributed by atoms with Gasteiger partial charge in [-0.05, 0) is 5.92 Å². The molecule has 1 rings (SSSR count). The first-order valence-corrected chi connectivity index (χ1v) is 4.40. The maximum absolute atomic E-state index is 11.1. The summed E-state index contributed by atoms with van der Waals surface area (Å²) in [6, 6.07) is 0. The van der Waals surface area contributed by atoms with Gasteiger partial charge in [0.05, 0.1) is 7.11 Å². The van der Waals surface area contributed by atoms with Crippen molar-refractivity contribution in [2.75, 3.05) is 7.11 Å². The molecule has 2 atom stereocenters. The number of alkyl carbamates (subject to hydrolysis) is 1. The maximum Gasteiger partial charge on any atom is 0.407 e. The van der Waals surface area contributed by atoms with Gasteiger partial charge in [0.15, 0.2) is 0 Å². The first kappa shape index (κ1) is 10.8. The average molecular weight is 201 g/mol. The molecule has 1 saturated carbocycles. The van der Waals surface area contributed by atoms with Crippen LogP contribution in [0.5, 0.6) is 0 Å². The van der Waals surface area contributed by atoms with Crippen molar-refractivity contribution in [3.05, 3.63) is 0 Å². The summed E-state index contributed by atoms with van der Waals surface area (Å²) in [7, 11) is 1.21. The molecule has 2 N–H and O–H groups in total. The average Bonchev–Trinajstić information content (AvgIpc) is 2.51. The Hall–Kier alpha value is -1.26.